The second-order valence-electron chi connectivity index (χ2n) is 3.00. The van der Waals surface area contributed by atoms with Gasteiger partial charge in [-0.25, -0.2) is 0 Å². The van der Waals surface area contributed by atoms with E-state index in [0.29, 0.717) is 11.5 Å². The summed E-state index contributed by atoms with van der Waals surface area (Å²) in [6, 6.07) is 11.4. The fraction of sp³-hybridized carbons (Fsp3) is 0.0833. The van der Waals surface area contributed by atoms with Crippen molar-refractivity contribution in [3.8, 4) is 5.75 Å². The Kier molecular flexibility index (Phi) is 3.15. The summed E-state index contributed by atoms with van der Waals surface area (Å²) in [7, 11) is 0. The van der Waals surface area contributed by atoms with Crippen LogP contribution in [-0.4, -0.2) is 6.29 Å². The largest absolute Gasteiger partial charge is 0.489 e. The fourth-order valence-corrected chi connectivity index (χ4v) is 1.78. The van der Waals surface area contributed by atoms with Gasteiger partial charge in [-0.3, -0.25) is 4.79 Å². The number of para-hydroxylation sites is 1. The number of ether oxygens (including phenoxy) is 1. The molecule has 0 amide bonds. The van der Waals surface area contributed by atoms with Crippen molar-refractivity contribution in [3.63, 3.8) is 0 Å². The molecule has 0 unspecified atom stereocenters. The number of aldehydes is 1. The number of hydrogen-bond donors (Lipinski definition) is 0. The Bertz CT molecular complexity index is 434. The van der Waals surface area contributed by atoms with Crippen molar-refractivity contribution in [2.24, 2.45) is 0 Å². The Morgan fingerprint density at radius 3 is 2.80 bits per heavy atom. The SMILES string of the molecule is O=Cc1cc(COc2ccccc2)[c]s1. The van der Waals surface area contributed by atoms with Gasteiger partial charge in [0.1, 0.15) is 12.4 Å². The number of benzene rings is 1. The van der Waals surface area contributed by atoms with Crippen LogP contribution in [0.3, 0.4) is 0 Å². The third-order valence-electron chi connectivity index (χ3n) is 1.87. The van der Waals surface area contributed by atoms with E-state index in [1.54, 1.807) is 6.07 Å². The summed E-state index contributed by atoms with van der Waals surface area (Å²) in [5.74, 6) is 0.824. The van der Waals surface area contributed by atoms with Gasteiger partial charge in [0.05, 0.1) is 10.3 Å². The highest BCUT2D eigenvalue weighted by Gasteiger charge is 2.00. The molecule has 1 aromatic carbocycles. The van der Waals surface area contributed by atoms with E-state index in [2.05, 4.69) is 5.38 Å². The first kappa shape index (κ1) is 9.93. The smallest absolute Gasteiger partial charge is 0.160 e. The Morgan fingerprint density at radius 2 is 2.13 bits per heavy atom. The maximum atomic E-state index is 10.4. The molecular formula is C12H9O2S. The Hall–Kier alpha value is -1.61. The molecule has 0 aliphatic heterocycles. The lowest BCUT2D eigenvalue weighted by atomic mass is 10.3. The molecule has 0 fully saturated rings. The van der Waals surface area contributed by atoms with E-state index >= 15 is 0 Å². The van der Waals surface area contributed by atoms with E-state index in [1.807, 2.05) is 30.3 Å². The molecule has 1 radical (unpaired) electrons. The summed E-state index contributed by atoms with van der Waals surface area (Å²) in [6.07, 6.45) is 0.827. The molecule has 1 heterocycles. The van der Waals surface area contributed by atoms with Gasteiger partial charge >= 0.3 is 0 Å². The molecule has 0 saturated carbocycles. The number of hydrogen-bond acceptors (Lipinski definition) is 3. The lowest BCUT2D eigenvalue weighted by molar-refractivity contribution is 0.112. The van der Waals surface area contributed by atoms with Gasteiger partial charge < -0.3 is 4.74 Å². The maximum absolute atomic E-state index is 10.4. The summed E-state index contributed by atoms with van der Waals surface area (Å²) in [6.45, 7) is 0.453. The molecule has 2 rings (SSSR count). The second-order valence-corrected chi connectivity index (χ2v) is 3.88. The van der Waals surface area contributed by atoms with Crippen LogP contribution in [-0.2, 0) is 6.61 Å². The van der Waals surface area contributed by atoms with Gasteiger partial charge in [0, 0.05) is 5.56 Å². The first-order chi connectivity index (χ1) is 7.38. The zero-order valence-corrected chi connectivity index (χ0v) is 8.79. The van der Waals surface area contributed by atoms with Gasteiger partial charge in [-0.1, -0.05) is 18.2 Å². The van der Waals surface area contributed by atoms with Gasteiger partial charge in [-0.15, -0.1) is 11.3 Å². The van der Waals surface area contributed by atoms with Crippen molar-refractivity contribution in [1.82, 2.24) is 0 Å². The number of rotatable bonds is 4. The second kappa shape index (κ2) is 4.75. The Labute approximate surface area is 92.1 Å². The maximum Gasteiger partial charge on any atom is 0.160 e. The van der Waals surface area contributed by atoms with Gasteiger partial charge in [0.25, 0.3) is 0 Å². The molecule has 0 aliphatic carbocycles. The van der Waals surface area contributed by atoms with E-state index in [-0.39, 0.29) is 0 Å². The molecule has 2 nitrogen and oxygen atoms in total. The van der Waals surface area contributed by atoms with Crippen LogP contribution in [0, 0.1) is 5.38 Å². The number of carbonyl (C=O) groups excluding carboxylic acids is 1. The van der Waals surface area contributed by atoms with Crippen LogP contribution in [0.4, 0.5) is 0 Å². The molecule has 0 N–H and O–H groups in total. The van der Waals surface area contributed by atoms with Crippen molar-refractivity contribution >= 4 is 17.6 Å². The lowest BCUT2D eigenvalue weighted by Gasteiger charge is -2.02. The van der Waals surface area contributed by atoms with Crippen LogP contribution in [0.2, 0.25) is 0 Å². The van der Waals surface area contributed by atoms with E-state index in [1.165, 1.54) is 11.3 Å². The van der Waals surface area contributed by atoms with Crippen LogP contribution in [0.25, 0.3) is 0 Å². The van der Waals surface area contributed by atoms with Crippen LogP contribution in [0.1, 0.15) is 15.2 Å². The van der Waals surface area contributed by atoms with Crippen LogP contribution in [0.5, 0.6) is 5.75 Å². The van der Waals surface area contributed by atoms with E-state index < -0.39 is 0 Å². The molecule has 0 atom stereocenters. The number of thiophene rings is 1. The van der Waals surface area contributed by atoms with Crippen molar-refractivity contribution in [1.29, 1.82) is 0 Å². The molecule has 0 saturated heterocycles. The normalized spacial score (nSPS) is 9.87. The third-order valence-corrected chi connectivity index (χ3v) is 2.68. The standard InChI is InChI=1S/C12H9O2S/c13-7-12-6-10(9-15-12)8-14-11-4-2-1-3-5-11/h1-7H,8H2. The van der Waals surface area contributed by atoms with E-state index in [9.17, 15) is 4.79 Å². The summed E-state index contributed by atoms with van der Waals surface area (Å²) < 4.78 is 5.51. The Balaban J connectivity index is 1.96. The van der Waals surface area contributed by atoms with Crippen LogP contribution >= 0.6 is 11.3 Å². The predicted octanol–water partition coefficient (Wildman–Crippen LogP) is 2.94. The monoisotopic (exact) mass is 217 g/mol. The van der Waals surface area contributed by atoms with Crippen molar-refractivity contribution in [3.05, 3.63) is 52.2 Å². The van der Waals surface area contributed by atoms with Crippen molar-refractivity contribution in [2.75, 3.05) is 0 Å². The molecule has 3 heteroatoms. The topological polar surface area (TPSA) is 26.3 Å². The molecule has 0 aliphatic rings. The lowest BCUT2D eigenvalue weighted by Crippen LogP contribution is -1.93. The highest BCUT2D eigenvalue weighted by atomic mass is 32.1. The first-order valence-electron chi connectivity index (χ1n) is 4.52. The van der Waals surface area contributed by atoms with Gasteiger partial charge in [-0.2, -0.15) is 0 Å². The minimum absolute atomic E-state index is 0.453. The summed E-state index contributed by atoms with van der Waals surface area (Å²) in [5.41, 5.74) is 0.908. The van der Waals surface area contributed by atoms with Crippen molar-refractivity contribution in [2.45, 2.75) is 6.61 Å². The van der Waals surface area contributed by atoms with Crippen molar-refractivity contribution < 1.29 is 9.53 Å². The van der Waals surface area contributed by atoms with Crippen LogP contribution in [0.15, 0.2) is 36.4 Å². The Morgan fingerprint density at radius 1 is 1.33 bits per heavy atom. The average Bonchev–Trinajstić information content (AvgIpc) is 2.76. The predicted molar refractivity (Wildman–Crippen MR) is 59.3 cm³/mol. The van der Waals surface area contributed by atoms with Gasteiger partial charge in [-0.05, 0) is 18.2 Å². The minimum Gasteiger partial charge on any atom is -0.489 e. The highest BCUT2D eigenvalue weighted by Crippen LogP contribution is 2.15. The summed E-state index contributed by atoms with van der Waals surface area (Å²) in [5, 5.41) is 3.01. The zero-order chi connectivity index (χ0) is 10.5. The summed E-state index contributed by atoms with van der Waals surface area (Å²) >= 11 is 1.31. The fourth-order valence-electron chi connectivity index (χ4n) is 1.16. The van der Waals surface area contributed by atoms with Gasteiger partial charge in [0.15, 0.2) is 6.29 Å². The quantitative estimate of drug-likeness (QED) is 0.736. The van der Waals surface area contributed by atoms with E-state index in [0.717, 1.165) is 17.6 Å². The molecule has 15 heavy (non-hydrogen) atoms. The summed E-state index contributed by atoms with van der Waals surface area (Å²) in [4.78, 5) is 11.1. The molecular weight excluding hydrogens is 208 g/mol. The average molecular weight is 217 g/mol. The minimum atomic E-state index is 0.453. The first-order valence-corrected chi connectivity index (χ1v) is 5.33. The molecule has 1 aromatic heterocycles. The molecule has 0 bridgehead atoms. The third kappa shape index (κ3) is 2.67. The highest BCUT2D eigenvalue weighted by molar-refractivity contribution is 7.11. The molecule has 0 spiro atoms. The number of carbonyl (C=O) groups is 1. The molecule has 2 aromatic rings. The zero-order valence-electron chi connectivity index (χ0n) is 7.97. The van der Waals surface area contributed by atoms with Crippen LogP contribution < -0.4 is 4.74 Å². The molecule has 75 valence electrons. The van der Waals surface area contributed by atoms with Gasteiger partial charge in [0.2, 0.25) is 0 Å². The van der Waals surface area contributed by atoms with E-state index in [4.69, 9.17) is 4.74 Å².